The van der Waals surface area contributed by atoms with Crippen molar-refractivity contribution in [3.63, 3.8) is 0 Å². The van der Waals surface area contributed by atoms with Gasteiger partial charge in [-0.1, -0.05) is 31.9 Å². The summed E-state index contributed by atoms with van der Waals surface area (Å²) in [6.45, 7) is 5.42. The normalized spacial score (nSPS) is 14.0. The summed E-state index contributed by atoms with van der Waals surface area (Å²) in [5.41, 5.74) is -0.582. The lowest BCUT2D eigenvalue weighted by Crippen LogP contribution is -2.37. The third kappa shape index (κ3) is 9.67. The Labute approximate surface area is 132 Å². The van der Waals surface area contributed by atoms with Crippen LogP contribution in [0.4, 0.5) is 4.79 Å². The highest BCUT2D eigenvalue weighted by Gasteiger charge is 2.22. The minimum atomic E-state index is -3.19. The van der Waals surface area contributed by atoms with E-state index in [0.717, 1.165) is 0 Å². The maximum atomic E-state index is 11.8. The van der Waals surface area contributed by atoms with Crippen molar-refractivity contribution in [2.45, 2.75) is 31.2 Å². The number of halogens is 2. The Balaban J connectivity index is 4.29. The minimum Gasteiger partial charge on any atom is -0.444 e. The van der Waals surface area contributed by atoms with Gasteiger partial charge in [0.15, 0.2) is 9.84 Å². The van der Waals surface area contributed by atoms with Crippen LogP contribution >= 0.6 is 31.9 Å². The average molecular weight is 423 g/mol. The van der Waals surface area contributed by atoms with Crippen LogP contribution in [0.2, 0.25) is 0 Å². The molecule has 0 heterocycles. The zero-order valence-corrected chi connectivity index (χ0v) is 15.6. The van der Waals surface area contributed by atoms with Crippen molar-refractivity contribution in [3.8, 4) is 0 Å². The molecule has 0 fully saturated rings. The second kappa shape index (κ2) is 7.83. The summed E-state index contributed by atoms with van der Waals surface area (Å²) in [5, 5.41) is 0.564. The highest BCUT2D eigenvalue weighted by Crippen LogP contribution is 2.10. The van der Waals surface area contributed by atoms with Crippen molar-refractivity contribution in [2.75, 3.05) is 30.4 Å². The molecule has 0 aliphatic carbocycles. The molecule has 8 heteroatoms. The van der Waals surface area contributed by atoms with Gasteiger partial charge in [0.2, 0.25) is 0 Å². The standard InChI is InChI=1S/C11H21Br2NO4S/c1-11(2,3)18-10(15)14(4)5-6-19(16,17)8-9(13)7-12/h9H,5-8H2,1-4H3. The van der Waals surface area contributed by atoms with Gasteiger partial charge in [-0.25, -0.2) is 13.2 Å². The molecule has 1 amide bonds. The molecule has 0 spiro atoms. The fourth-order valence-electron chi connectivity index (χ4n) is 1.11. The summed E-state index contributed by atoms with van der Waals surface area (Å²) in [6, 6.07) is 0. The smallest absolute Gasteiger partial charge is 0.410 e. The Morgan fingerprint density at radius 1 is 1.37 bits per heavy atom. The molecule has 1 atom stereocenters. The molecule has 0 aliphatic rings. The van der Waals surface area contributed by atoms with Gasteiger partial charge in [0.1, 0.15) is 5.60 Å². The number of carbonyl (C=O) groups is 1. The third-order valence-corrected chi connectivity index (χ3v) is 6.49. The molecular formula is C11H21Br2NO4S. The van der Waals surface area contributed by atoms with Gasteiger partial charge in [0.05, 0.1) is 11.5 Å². The molecule has 114 valence electrons. The van der Waals surface area contributed by atoms with E-state index in [0.29, 0.717) is 5.33 Å². The number of hydrogen-bond donors (Lipinski definition) is 0. The van der Waals surface area contributed by atoms with E-state index in [1.807, 2.05) is 0 Å². The first-order valence-corrected chi connectivity index (χ1v) is 9.67. The topological polar surface area (TPSA) is 63.7 Å². The van der Waals surface area contributed by atoms with Crippen LogP contribution < -0.4 is 0 Å². The van der Waals surface area contributed by atoms with E-state index >= 15 is 0 Å². The number of nitrogens with zero attached hydrogens (tertiary/aromatic N) is 1. The molecule has 0 aromatic rings. The lowest BCUT2D eigenvalue weighted by Gasteiger charge is -2.24. The largest absolute Gasteiger partial charge is 0.444 e. The van der Waals surface area contributed by atoms with Crippen molar-refractivity contribution >= 4 is 47.8 Å². The van der Waals surface area contributed by atoms with Crippen LogP contribution in [-0.4, -0.2) is 60.3 Å². The second-order valence-corrected chi connectivity index (χ2v) is 9.44. The molecule has 0 saturated heterocycles. The number of hydrogen-bond acceptors (Lipinski definition) is 4. The molecular weight excluding hydrogens is 402 g/mol. The molecule has 0 aromatic heterocycles. The monoisotopic (exact) mass is 421 g/mol. The highest BCUT2D eigenvalue weighted by molar-refractivity contribution is 9.12. The van der Waals surface area contributed by atoms with Crippen LogP contribution in [0.1, 0.15) is 20.8 Å². The summed E-state index contributed by atoms with van der Waals surface area (Å²) in [4.78, 5) is 12.8. The predicted molar refractivity (Wildman–Crippen MR) is 84.0 cm³/mol. The first-order chi connectivity index (χ1) is 8.47. The van der Waals surface area contributed by atoms with Crippen molar-refractivity contribution in [1.82, 2.24) is 4.90 Å². The molecule has 0 aromatic carbocycles. The van der Waals surface area contributed by atoms with Crippen LogP contribution in [0.15, 0.2) is 0 Å². The number of rotatable bonds is 6. The van der Waals surface area contributed by atoms with E-state index in [1.54, 1.807) is 20.8 Å². The van der Waals surface area contributed by atoms with Gasteiger partial charge in [-0.05, 0) is 20.8 Å². The van der Waals surface area contributed by atoms with Crippen LogP contribution in [0.5, 0.6) is 0 Å². The zero-order chi connectivity index (χ0) is 15.3. The van der Waals surface area contributed by atoms with Gasteiger partial charge in [-0.15, -0.1) is 0 Å². The molecule has 0 bridgehead atoms. The number of alkyl halides is 2. The number of sulfone groups is 1. The molecule has 5 nitrogen and oxygen atoms in total. The van der Waals surface area contributed by atoms with Gasteiger partial charge in [-0.2, -0.15) is 0 Å². The summed E-state index contributed by atoms with van der Waals surface area (Å²) in [6.07, 6.45) is -0.515. The van der Waals surface area contributed by atoms with E-state index < -0.39 is 21.5 Å². The van der Waals surface area contributed by atoms with E-state index in [9.17, 15) is 13.2 Å². The number of ether oxygens (including phenoxy) is 1. The maximum absolute atomic E-state index is 11.8. The average Bonchev–Trinajstić information content (AvgIpc) is 2.22. The van der Waals surface area contributed by atoms with Crippen LogP contribution in [-0.2, 0) is 14.6 Å². The summed E-state index contributed by atoms with van der Waals surface area (Å²) in [5.74, 6) is -0.0295. The predicted octanol–water partition coefficient (Wildman–Crippen LogP) is 2.43. The Morgan fingerprint density at radius 3 is 2.32 bits per heavy atom. The van der Waals surface area contributed by atoms with Gasteiger partial charge in [-0.3, -0.25) is 0 Å². The second-order valence-electron chi connectivity index (χ2n) is 5.27. The van der Waals surface area contributed by atoms with E-state index in [4.69, 9.17) is 4.74 Å². The quantitative estimate of drug-likeness (QED) is 0.616. The highest BCUT2D eigenvalue weighted by atomic mass is 79.9. The first-order valence-electron chi connectivity index (χ1n) is 5.81. The lowest BCUT2D eigenvalue weighted by atomic mass is 10.2. The molecule has 1 unspecified atom stereocenters. The third-order valence-electron chi connectivity index (χ3n) is 2.05. The Bertz CT molecular complexity index is 392. The number of amides is 1. The Kier molecular flexibility index (Phi) is 7.90. The SMILES string of the molecule is CN(CCS(=O)(=O)CC(Br)CBr)C(=O)OC(C)(C)C. The van der Waals surface area contributed by atoms with Gasteiger partial charge in [0.25, 0.3) is 0 Å². The van der Waals surface area contributed by atoms with Crippen molar-refractivity contribution < 1.29 is 17.9 Å². The lowest BCUT2D eigenvalue weighted by molar-refractivity contribution is 0.0309. The summed E-state index contributed by atoms with van der Waals surface area (Å²) in [7, 11) is -1.66. The fourth-order valence-corrected chi connectivity index (χ4v) is 4.24. The Morgan fingerprint density at radius 2 is 1.89 bits per heavy atom. The molecule has 0 aliphatic heterocycles. The zero-order valence-electron chi connectivity index (χ0n) is 11.7. The first kappa shape index (κ1) is 19.2. The fraction of sp³-hybridized carbons (Fsp3) is 0.909. The van der Waals surface area contributed by atoms with Crippen molar-refractivity contribution in [2.24, 2.45) is 0 Å². The van der Waals surface area contributed by atoms with Gasteiger partial charge >= 0.3 is 6.09 Å². The molecule has 0 radical (unpaired) electrons. The minimum absolute atomic E-state index is 0.0421. The van der Waals surface area contributed by atoms with Gasteiger partial charge < -0.3 is 9.64 Å². The van der Waals surface area contributed by atoms with Crippen LogP contribution in [0.3, 0.4) is 0 Å². The van der Waals surface area contributed by atoms with Gasteiger partial charge in [0, 0.05) is 23.7 Å². The van der Waals surface area contributed by atoms with Crippen molar-refractivity contribution in [1.29, 1.82) is 0 Å². The van der Waals surface area contributed by atoms with E-state index in [2.05, 4.69) is 31.9 Å². The molecule has 0 saturated carbocycles. The molecule has 0 rings (SSSR count). The van der Waals surface area contributed by atoms with Crippen LogP contribution in [0.25, 0.3) is 0 Å². The van der Waals surface area contributed by atoms with E-state index in [1.165, 1.54) is 11.9 Å². The van der Waals surface area contributed by atoms with Crippen LogP contribution in [0, 0.1) is 0 Å². The summed E-state index contributed by atoms with van der Waals surface area (Å²) < 4.78 is 28.7. The number of carbonyl (C=O) groups excluding carboxylic acids is 1. The Hall–Kier alpha value is 0.180. The maximum Gasteiger partial charge on any atom is 0.410 e. The summed E-state index contributed by atoms with van der Waals surface area (Å²) >= 11 is 6.46. The molecule has 19 heavy (non-hydrogen) atoms. The van der Waals surface area contributed by atoms with Crippen molar-refractivity contribution in [3.05, 3.63) is 0 Å². The van der Waals surface area contributed by atoms with E-state index in [-0.39, 0.29) is 22.9 Å². The molecule has 0 N–H and O–H groups in total.